The van der Waals surface area contributed by atoms with E-state index in [1.807, 2.05) is 0 Å². The molecule has 1 aromatic carbocycles. The van der Waals surface area contributed by atoms with Crippen LogP contribution in [0.2, 0.25) is 0 Å². The summed E-state index contributed by atoms with van der Waals surface area (Å²) in [5.74, 6) is 0.00731. The number of halogens is 1. The van der Waals surface area contributed by atoms with Gasteiger partial charge < -0.3 is 28.9 Å². The molecule has 3 rings (SSSR count). The minimum atomic E-state index is -1.12. The van der Waals surface area contributed by atoms with Gasteiger partial charge in [0.05, 0.1) is 30.2 Å². The number of aliphatic carboxylic acids is 1. The van der Waals surface area contributed by atoms with E-state index in [2.05, 4.69) is 21.1 Å². The number of fused-ring (bicyclic) bond motifs is 1. The highest BCUT2D eigenvalue weighted by atomic mass is 79.9. The monoisotopic (exact) mass is 387 g/mol. The van der Waals surface area contributed by atoms with Gasteiger partial charge in [-0.3, -0.25) is 0 Å². The first-order valence-electron chi connectivity index (χ1n) is 6.71. The third-order valence-corrected chi connectivity index (χ3v) is 4.55. The summed E-state index contributed by atoms with van der Waals surface area (Å²) in [4.78, 5) is 16.6. The molecule has 9 heteroatoms. The lowest BCUT2D eigenvalue weighted by Gasteiger charge is -2.21. The van der Waals surface area contributed by atoms with Crippen LogP contribution >= 0.6 is 15.9 Å². The number of nitrogens with zero attached hydrogens (tertiary/aromatic N) is 1. The molecule has 23 heavy (non-hydrogen) atoms. The van der Waals surface area contributed by atoms with Crippen LogP contribution in [-0.2, 0) is 9.63 Å². The van der Waals surface area contributed by atoms with Crippen molar-refractivity contribution in [2.75, 3.05) is 21.0 Å². The van der Waals surface area contributed by atoms with Crippen molar-refractivity contribution in [3.8, 4) is 23.0 Å². The van der Waals surface area contributed by atoms with Crippen LogP contribution in [0.5, 0.6) is 23.0 Å². The highest BCUT2D eigenvalue weighted by Gasteiger charge is 2.42. The Morgan fingerprint density at radius 1 is 1.26 bits per heavy atom. The van der Waals surface area contributed by atoms with Crippen LogP contribution in [0.3, 0.4) is 0 Å². The molecule has 1 aromatic rings. The maximum Gasteiger partial charge on any atom is 0.354 e. The molecule has 2 heterocycles. The molecule has 8 nitrogen and oxygen atoms in total. The van der Waals surface area contributed by atoms with Crippen LogP contribution < -0.4 is 18.9 Å². The van der Waals surface area contributed by atoms with Crippen LogP contribution in [0.4, 0.5) is 0 Å². The number of oxime groups is 1. The second-order valence-electron chi connectivity index (χ2n) is 4.96. The summed E-state index contributed by atoms with van der Waals surface area (Å²) >= 11 is 3.46. The summed E-state index contributed by atoms with van der Waals surface area (Å²) in [6, 6.07) is 0. The van der Waals surface area contributed by atoms with Gasteiger partial charge in [-0.2, -0.15) is 0 Å². The van der Waals surface area contributed by atoms with Gasteiger partial charge in [0.2, 0.25) is 18.3 Å². The van der Waals surface area contributed by atoms with E-state index in [1.54, 1.807) is 6.92 Å². The number of ether oxygens (including phenoxy) is 4. The maximum atomic E-state index is 11.2. The minimum absolute atomic E-state index is 0.0505. The third kappa shape index (κ3) is 2.26. The molecule has 0 saturated heterocycles. The lowest BCUT2D eigenvalue weighted by Crippen LogP contribution is -2.22. The summed E-state index contributed by atoms with van der Waals surface area (Å²) in [6.45, 7) is 1.77. The normalized spacial score (nSPS) is 21.7. The predicted octanol–water partition coefficient (Wildman–Crippen LogP) is 2.34. The molecule has 0 aromatic heterocycles. The Morgan fingerprint density at radius 3 is 2.48 bits per heavy atom. The number of carbonyl (C=O) groups is 1. The number of carboxylic acids is 1. The number of hydrogen-bond donors (Lipinski definition) is 1. The number of rotatable bonds is 4. The van der Waals surface area contributed by atoms with E-state index >= 15 is 0 Å². The molecule has 0 saturated carbocycles. The fourth-order valence-electron chi connectivity index (χ4n) is 2.67. The summed E-state index contributed by atoms with van der Waals surface area (Å²) in [5.41, 5.74) is 0.502. The van der Waals surface area contributed by atoms with Crippen molar-refractivity contribution in [2.24, 2.45) is 11.1 Å². The molecular weight excluding hydrogens is 374 g/mol. The Balaban J connectivity index is 2.15. The van der Waals surface area contributed by atoms with Crippen LogP contribution in [0.1, 0.15) is 18.6 Å². The number of methoxy groups -OCH3 is 2. The quantitative estimate of drug-likeness (QED) is 0.846. The largest absolute Gasteiger partial charge is 0.492 e. The first kappa shape index (κ1) is 15.7. The van der Waals surface area contributed by atoms with Gasteiger partial charge in [-0.15, -0.1) is 0 Å². The fraction of sp³-hybridized carbons (Fsp3) is 0.429. The van der Waals surface area contributed by atoms with E-state index in [0.717, 1.165) is 0 Å². The van der Waals surface area contributed by atoms with Gasteiger partial charge in [0.25, 0.3) is 0 Å². The summed E-state index contributed by atoms with van der Waals surface area (Å²) in [5, 5.41) is 12.8. The molecule has 2 atom stereocenters. The Bertz CT molecular complexity index is 703. The molecule has 0 spiro atoms. The lowest BCUT2D eigenvalue weighted by atomic mass is 9.92. The number of hydrogen-bond acceptors (Lipinski definition) is 7. The summed E-state index contributed by atoms with van der Waals surface area (Å²) in [6.07, 6.45) is -0.658. The third-order valence-electron chi connectivity index (χ3n) is 3.77. The van der Waals surface area contributed by atoms with E-state index in [4.69, 9.17) is 23.8 Å². The summed E-state index contributed by atoms with van der Waals surface area (Å²) < 4.78 is 22.3. The van der Waals surface area contributed by atoms with Gasteiger partial charge in [-0.1, -0.05) is 12.1 Å². The van der Waals surface area contributed by atoms with Crippen LogP contribution in [0, 0.1) is 5.92 Å². The Hall–Kier alpha value is -2.16. The number of carboxylic acid groups (broad SMARTS) is 1. The molecule has 124 valence electrons. The standard InChI is InChI=1S/C14H14BrNO7/c1-5-8(14(17)18)16-23-9(5)6-7(15)11-13(22-4-21-11)12(20-3)10(6)19-2/h5,9H,4H2,1-3H3,(H,17,18)/t5-,9+/m1/s1. The SMILES string of the molecule is COc1c2c(c(Br)c([C@H]3ON=C(C(=O)O)[C@H]3C)c1OC)OCO2. The van der Waals surface area contributed by atoms with E-state index in [1.165, 1.54) is 14.2 Å². The zero-order valence-corrected chi connectivity index (χ0v) is 14.2. The van der Waals surface area contributed by atoms with E-state index in [-0.39, 0.29) is 12.5 Å². The van der Waals surface area contributed by atoms with Crippen molar-refractivity contribution >= 4 is 27.6 Å². The molecule has 0 radical (unpaired) electrons. The van der Waals surface area contributed by atoms with E-state index in [9.17, 15) is 9.90 Å². The fourth-order valence-corrected chi connectivity index (χ4v) is 3.37. The van der Waals surface area contributed by atoms with Crippen LogP contribution in [0.15, 0.2) is 9.63 Å². The maximum absolute atomic E-state index is 11.2. The predicted molar refractivity (Wildman–Crippen MR) is 81.4 cm³/mol. The molecule has 0 fully saturated rings. The van der Waals surface area contributed by atoms with Crippen LogP contribution in [0.25, 0.3) is 0 Å². The second kappa shape index (κ2) is 5.80. The average molecular weight is 388 g/mol. The highest BCUT2D eigenvalue weighted by molar-refractivity contribution is 9.10. The smallest absolute Gasteiger partial charge is 0.354 e. The molecule has 1 N–H and O–H groups in total. The summed E-state index contributed by atoms with van der Waals surface area (Å²) in [7, 11) is 2.96. The molecule has 0 bridgehead atoms. The van der Waals surface area contributed by atoms with Crippen molar-refractivity contribution in [3.05, 3.63) is 10.0 Å². The van der Waals surface area contributed by atoms with Gasteiger partial charge in [-0.05, 0) is 15.9 Å². The van der Waals surface area contributed by atoms with Gasteiger partial charge in [-0.25, -0.2) is 4.79 Å². The molecule has 0 unspecified atom stereocenters. The van der Waals surface area contributed by atoms with Crippen molar-refractivity contribution in [3.63, 3.8) is 0 Å². The minimum Gasteiger partial charge on any atom is -0.492 e. The Labute approximate surface area is 140 Å². The zero-order chi connectivity index (χ0) is 16.7. The van der Waals surface area contributed by atoms with Gasteiger partial charge in [0.15, 0.2) is 23.3 Å². The van der Waals surface area contributed by atoms with E-state index < -0.39 is 18.0 Å². The average Bonchev–Trinajstić information content (AvgIpc) is 3.14. The Morgan fingerprint density at radius 2 is 1.91 bits per heavy atom. The second-order valence-corrected chi connectivity index (χ2v) is 5.75. The van der Waals surface area contributed by atoms with E-state index in [0.29, 0.717) is 33.0 Å². The van der Waals surface area contributed by atoms with Crippen molar-refractivity contribution in [1.29, 1.82) is 0 Å². The van der Waals surface area contributed by atoms with Crippen molar-refractivity contribution in [1.82, 2.24) is 0 Å². The van der Waals surface area contributed by atoms with Gasteiger partial charge in [0.1, 0.15) is 0 Å². The molecular formula is C14H14BrNO7. The first-order chi connectivity index (χ1) is 11.0. The van der Waals surface area contributed by atoms with Crippen molar-refractivity contribution in [2.45, 2.75) is 13.0 Å². The zero-order valence-electron chi connectivity index (χ0n) is 12.6. The molecule has 0 aliphatic carbocycles. The first-order valence-corrected chi connectivity index (χ1v) is 7.50. The molecule has 0 amide bonds. The topological polar surface area (TPSA) is 95.8 Å². The number of benzene rings is 1. The lowest BCUT2D eigenvalue weighted by molar-refractivity contribution is -0.129. The van der Waals surface area contributed by atoms with Crippen molar-refractivity contribution < 1.29 is 33.7 Å². The molecule has 2 aliphatic heterocycles. The molecule has 2 aliphatic rings. The van der Waals surface area contributed by atoms with Gasteiger partial charge >= 0.3 is 5.97 Å². The highest BCUT2D eigenvalue weighted by Crippen LogP contribution is 2.57. The van der Waals surface area contributed by atoms with Crippen LogP contribution in [-0.4, -0.2) is 37.8 Å². The van der Waals surface area contributed by atoms with Gasteiger partial charge in [0, 0.05) is 0 Å². The Kier molecular flexibility index (Phi) is 3.97.